The molecular formula is C36H51N11O10S2. The number of nitrogens with zero attached hydrogens (tertiary/aromatic N) is 2. The SMILES string of the molecule is C[C@@H]1NC(=O)[C@H](CC(=O)O)NC(=O)CNC(=O)[C@H](CCCCN=C(N)N)NC(=O)CCSSC[C@@H](C(N)=O)NC(=O)[C@@H]2CC(OCc3c[nH]c4ccccc34)CN2C1=O. The summed E-state index contributed by atoms with van der Waals surface area (Å²) in [6, 6.07) is 1.22. The molecule has 6 atom stereocenters. The number of fused-ring (bicyclic) bond motifs is 2. The highest BCUT2D eigenvalue weighted by molar-refractivity contribution is 8.76. The van der Waals surface area contributed by atoms with Crippen LogP contribution in [0.4, 0.5) is 0 Å². The second-order valence-corrected chi connectivity index (χ2v) is 16.6. The van der Waals surface area contributed by atoms with Gasteiger partial charge in [-0.3, -0.25) is 43.3 Å². The highest BCUT2D eigenvalue weighted by Gasteiger charge is 2.43. The quantitative estimate of drug-likeness (QED) is 0.0502. The van der Waals surface area contributed by atoms with Crippen LogP contribution in [0.15, 0.2) is 35.5 Å². The molecule has 1 aromatic carbocycles. The Morgan fingerprint density at radius 2 is 1.68 bits per heavy atom. The van der Waals surface area contributed by atoms with Crippen molar-refractivity contribution in [2.75, 3.05) is 31.1 Å². The molecule has 2 aliphatic rings. The number of carboxylic acid groups (broad SMARTS) is 1. The van der Waals surface area contributed by atoms with Crippen LogP contribution in [-0.4, -0.2) is 136 Å². The Morgan fingerprint density at radius 1 is 0.932 bits per heavy atom. The number of primary amides is 1. The normalized spacial score (nSPS) is 24.5. The number of nitrogens with two attached hydrogens (primary N) is 3. The largest absolute Gasteiger partial charge is 0.481 e. The lowest BCUT2D eigenvalue weighted by Crippen LogP contribution is -2.58. The molecule has 2 aliphatic heterocycles. The number of ether oxygens (including phenoxy) is 1. The molecule has 2 saturated heterocycles. The fourth-order valence-corrected chi connectivity index (χ4v) is 8.56. The maximum atomic E-state index is 14.0. The number of carbonyl (C=O) groups excluding carboxylic acids is 7. The molecule has 13 N–H and O–H groups in total. The number of carbonyl (C=O) groups is 8. The molecule has 23 heteroatoms. The Bertz CT molecular complexity index is 1890. The van der Waals surface area contributed by atoms with Crippen molar-refractivity contribution in [1.29, 1.82) is 0 Å². The van der Waals surface area contributed by atoms with Gasteiger partial charge in [0.05, 0.1) is 25.7 Å². The first kappa shape index (κ1) is 46.1. The number of hydrogen-bond acceptors (Lipinski definition) is 12. The lowest BCUT2D eigenvalue weighted by atomic mass is 10.1. The number of unbranched alkanes of at least 4 members (excludes halogenated alkanes) is 1. The monoisotopic (exact) mass is 861 g/mol. The zero-order valence-corrected chi connectivity index (χ0v) is 34.0. The maximum absolute atomic E-state index is 14.0. The fraction of sp³-hybridized carbons (Fsp3) is 0.528. The lowest BCUT2D eigenvalue weighted by molar-refractivity contribution is -0.143. The van der Waals surface area contributed by atoms with Gasteiger partial charge in [-0.25, -0.2) is 0 Å². The Morgan fingerprint density at radius 3 is 2.41 bits per heavy atom. The molecular weight excluding hydrogens is 811 g/mol. The van der Waals surface area contributed by atoms with Crippen LogP contribution in [-0.2, 0) is 49.7 Å². The zero-order chi connectivity index (χ0) is 43.1. The van der Waals surface area contributed by atoms with E-state index < -0.39 is 96.6 Å². The number of aromatic nitrogens is 1. The summed E-state index contributed by atoms with van der Waals surface area (Å²) in [5.74, 6) is -6.64. The highest BCUT2D eigenvalue weighted by Crippen LogP contribution is 2.26. The van der Waals surface area contributed by atoms with Crippen molar-refractivity contribution in [2.24, 2.45) is 22.2 Å². The van der Waals surface area contributed by atoms with Crippen molar-refractivity contribution in [2.45, 2.75) is 88.4 Å². The summed E-state index contributed by atoms with van der Waals surface area (Å²) >= 11 is 0. The van der Waals surface area contributed by atoms with Crippen molar-refractivity contribution in [3.05, 3.63) is 36.0 Å². The van der Waals surface area contributed by atoms with Crippen molar-refractivity contribution in [3.8, 4) is 0 Å². The number of nitrogens with one attached hydrogen (secondary N) is 6. The molecule has 1 unspecified atom stereocenters. The van der Waals surface area contributed by atoms with Crippen molar-refractivity contribution < 1.29 is 48.2 Å². The Hall–Kier alpha value is -5.55. The molecule has 0 saturated carbocycles. The highest BCUT2D eigenvalue weighted by atomic mass is 33.1. The average molecular weight is 862 g/mol. The van der Waals surface area contributed by atoms with Crippen LogP contribution < -0.4 is 43.8 Å². The topological polar surface area (TPSA) is 336 Å². The van der Waals surface area contributed by atoms with E-state index in [1.54, 1.807) is 6.20 Å². The Labute approximate surface area is 347 Å². The van der Waals surface area contributed by atoms with E-state index in [4.69, 9.17) is 21.9 Å². The number of rotatable bonds is 11. The van der Waals surface area contributed by atoms with E-state index >= 15 is 0 Å². The summed E-state index contributed by atoms with van der Waals surface area (Å²) in [4.78, 5) is 113. The predicted octanol–water partition coefficient (Wildman–Crippen LogP) is -2.08. The molecule has 0 aliphatic carbocycles. The first-order valence-corrected chi connectivity index (χ1v) is 21.4. The predicted molar refractivity (Wildman–Crippen MR) is 219 cm³/mol. The molecule has 4 rings (SSSR count). The van der Waals surface area contributed by atoms with Crippen LogP contribution in [0.1, 0.15) is 51.0 Å². The summed E-state index contributed by atoms with van der Waals surface area (Å²) < 4.78 is 6.19. The molecule has 21 nitrogen and oxygen atoms in total. The third-order valence-electron chi connectivity index (χ3n) is 9.42. The smallest absolute Gasteiger partial charge is 0.305 e. The van der Waals surface area contributed by atoms with Gasteiger partial charge in [0.2, 0.25) is 41.4 Å². The van der Waals surface area contributed by atoms with Gasteiger partial charge in [0.1, 0.15) is 30.2 Å². The third kappa shape index (κ3) is 14.4. The molecule has 3 heterocycles. The molecule has 2 aromatic rings. The number of amides is 7. The van der Waals surface area contributed by atoms with Gasteiger partial charge in [0.15, 0.2) is 5.96 Å². The lowest BCUT2D eigenvalue weighted by Gasteiger charge is -2.28. The van der Waals surface area contributed by atoms with E-state index in [1.807, 2.05) is 24.3 Å². The van der Waals surface area contributed by atoms with E-state index in [1.165, 1.54) is 33.4 Å². The number of benzene rings is 1. The van der Waals surface area contributed by atoms with E-state index in [0.717, 1.165) is 16.5 Å². The fourth-order valence-electron chi connectivity index (χ4n) is 6.39. The van der Waals surface area contributed by atoms with Crippen molar-refractivity contribution in [3.63, 3.8) is 0 Å². The summed E-state index contributed by atoms with van der Waals surface area (Å²) in [5.41, 5.74) is 18.1. The van der Waals surface area contributed by atoms with Crippen molar-refractivity contribution >= 4 is 85.8 Å². The third-order valence-corrected chi connectivity index (χ3v) is 11.8. The minimum Gasteiger partial charge on any atom is -0.481 e. The molecule has 0 radical (unpaired) electrons. The van der Waals surface area contributed by atoms with Crippen LogP contribution in [0.3, 0.4) is 0 Å². The molecule has 1 aromatic heterocycles. The van der Waals surface area contributed by atoms with E-state index in [-0.39, 0.29) is 56.4 Å². The number of para-hydroxylation sites is 1. The van der Waals surface area contributed by atoms with Gasteiger partial charge >= 0.3 is 5.97 Å². The average Bonchev–Trinajstić information content (AvgIpc) is 3.81. The Balaban J connectivity index is 1.53. The van der Waals surface area contributed by atoms with Gasteiger partial charge in [0.25, 0.3) is 0 Å². The van der Waals surface area contributed by atoms with Gasteiger partial charge in [-0.15, -0.1) is 0 Å². The molecule has 2 fully saturated rings. The molecule has 322 valence electrons. The van der Waals surface area contributed by atoms with Crippen LogP contribution >= 0.6 is 21.6 Å². The molecule has 0 spiro atoms. The van der Waals surface area contributed by atoms with Gasteiger partial charge in [-0.05, 0) is 32.3 Å². The number of carboxylic acids is 1. The van der Waals surface area contributed by atoms with E-state index in [0.29, 0.717) is 12.8 Å². The molecule has 0 bridgehead atoms. The van der Waals surface area contributed by atoms with Gasteiger partial charge in [-0.1, -0.05) is 39.8 Å². The minimum atomic E-state index is -1.67. The number of aromatic amines is 1. The Kier molecular flexibility index (Phi) is 17.6. The van der Waals surface area contributed by atoms with Crippen LogP contribution in [0.2, 0.25) is 0 Å². The summed E-state index contributed by atoms with van der Waals surface area (Å²) in [6.07, 6.45) is 1.33. The van der Waals surface area contributed by atoms with Crippen LogP contribution in [0.5, 0.6) is 0 Å². The first-order chi connectivity index (χ1) is 28.1. The zero-order valence-electron chi connectivity index (χ0n) is 32.4. The number of aliphatic carboxylic acids is 1. The second kappa shape index (κ2) is 22.6. The summed E-state index contributed by atoms with van der Waals surface area (Å²) in [5, 5.41) is 22.9. The van der Waals surface area contributed by atoms with Gasteiger partial charge in [-0.2, -0.15) is 0 Å². The van der Waals surface area contributed by atoms with Crippen LogP contribution in [0.25, 0.3) is 10.9 Å². The molecule has 7 amide bonds. The summed E-state index contributed by atoms with van der Waals surface area (Å²) in [6.45, 7) is 1.02. The second-order valence-electron chi connectivity index (χ2n) is 13.9. The number of H-pyrrole nitrogens is 1. The van der Waals surface area contributed by atoms with Gasteiger partial charge in [0, 0.05) is 60.1 Å². The first-order valence-electron chi connectivity index (χ1n) is 18.9. The van der Waals surface area contributed by atoms with Crippen molar-refractivity contribution in [1.82, 2.24) is 36.5 Å². The number of hydrogen-bond donors (Lipinski definition) is 10. The molecule has 59 heavy (non-hydrogen) atoms. The van der Waals surface area contributed by atoms with E-state index in [9.17, 15) is 43.5 Å². The summed E-state index contributed by atoms with van der Waals surface area (Å²) in [7, 11) is 2.41. The maximum Gasteiger partial charge on any atom is 0.305 e. The number of aliphatic imine (C=N–C) groups is 1. The van der Waals surface area contributed by atoms with Crippen LogP contribution in [0, 0.1) is 0 Å². The van der Waals surface area contributed by atoms with E-state index in [2.05, 4.69) is 36.6 Å². The van der Waals surface area contributed by atoms with Gasteiger partial charge < -0.3 is 63.5 Å². The number of guanidine groups is 1. The standard InChI is InChI=1S/C36H51N11O10S2/c1-19-35(56)47-16-21(57-17-20-14-41-23-7-3-2-6-22(20)23)12-27(47)34(55)46-26(31(37)52)18-59-58-11-9-28(48)44-24(8-4-5-10-40-36(38)39)32(53)42-15-29(49)45-25(13-30(50)51)33(54)43-19/h2-3,6-7,14,19,21,24-27,41H,4-5,8-13,15-18H2,1H3,(H2,37,52)(H,42,53)(H,43,54)(H,44,48)(H,45,49)(H,46,55)(H,50,51)(H4,38,39,40)/t19-,21?,24-,25-,26-,27-/m0/s1. The minimum absolute atomic E-state index is 0.0216.